The number of hydrogen-bond donors (Lipinski definition) is 1. The van der Waals surface area contributed by atoms with Crippen molar-refractivity contribution in [2.75, 3.05) is 6.54 Å². The normalized spacial score (nSPS) is 19.7. The number of carbonyl (C=O) groups is 2. The molecular formula is C17H24N2O2S. The first-order valence-corrected chi connectivity index (χ1v) is 8.87. The molecule has 22 heavy (non-hydrogen) atoms. The molecule has 5 heteroatoms. The Kier molecular flexibility index (Phi) is 6.31. The fraction of sp³-hybridized carbons (Fsp3) is 0.529. The molecule has 1 aliphatic rings. The van der Waals surface area contributed by atoms with Crippen molar-refractivity contribution >= 4 is 23.6 Å². The van der Waals surface area contributed by atoms with Crippen LogP contribution in [0.1, 0.15) is 38.2 Å². The van der Waals surface area contributed by atoms with Crippen molar-refractivity contribution in [1.82, 2.24) is 4.90 Å². The monoisotopic (exact) mass is 320 g/mol. The maximum atomic E-state index is 12.7. The zero-order valence-corrected chi connectivity index (χ0v) is 13.8. The molecule has 1 aromatic rings. The Morgan fingerprint density at radius 2 is 2.05 bits per heavy atom. The van der Waals surface area contributed by atoms with Gasteiger partial charge in [0.15, 0.2) is 0 Å². The minimum absolute atomic E-state index is 0.0153. The Bertz CT molecular complexity index is 507. The number of likely N-dealkylation sites (tertiary alicyclic amines) is 1. The van der Waals surface area contributed by atoms with Crippen LogP contribution in [0.3, 0.4) is 0 Å². The molecule has 1 aromatic carbocycles. The third kappa shape index (κ3) is 4.77. The highest BCUT2D eigenvalue weighted by Gasteiger charge is 2.30. The zero-order valence-electron chi connectivity index (χ0n) is 13.0. The van der Waals surface area contributed by atoms with Gasteiger partial charge in [-0.25, -0.2) is 0 Å². The third-order valence-corrected chi connectivity index (χ3v) is 5.24. The molecular weight excluding hydrogens is 296 g/mol. The quantitative estimate of drug-likeness (QED) is 0.876. The van der Waals surface area contributed by atoms with Crippen LogP contribution in [0, 0.1) is 0 Å². The molecule has 0 radical (unpaired) electrons. The average Bonchev–Trinajstić information content (AvgIpc) is 2.53. The predicted octanol–water partition coefficient (Wildman–Crippen LogP) is 2.56. The Morgan fingerprint density at radius 1 is 1.32 bits per heavy atom. The van der Waals surface area contributed by atoms with Gasteiger partial charge in [0.05, 0.1) is 5.25 Å². The van der Waals surface area contributed by atoms with Crippen molar-refractivity contribution < 1.29 is 9.59 Å². The van der Waals surface area contributed by atoms with Crippen molar-refractivity contribution in [3.63, 3.8) is 0 Å². The van der Waals surface area contributed by atoms with Crippen LogP contribution in [-0.4, -0.2) is 34.6 Å². The van der Waals surface area contributed by atoms with Gasteiger partial charge >= 0.3 is 0 Å². The summed E-state index contributed by atoms with van der Waals surface area (Å²) in [7, 11) is 0. The molecule has 2 N–H and O–H groups in total. The van der Waals surface area contributed by atoms with E-state index in [0.29, 0.717) is 0 Å². The van der Waals surface area contributed by atoms with Gasteiger partial charge in [-0.1, -0.05) is 30.3 Å². The van der Waals surface area contributed by atoms with Crippen molar-refractivity contribution in [3.8, 4) is 0 Å². The molecule has 0 aromatic heterocycles. The summed E-state index contributed by atoms with van der Waals surface area (Å²) in [6, 6.07) is 10.1. The molecule has 0 unspecified atom stereocenters. The lowest BCUT2D eigenvalue weighted by Gasteiger charge is -2.36. The first kappa shape index (κ1) is 16.9. The van der Waals surface area contributed by atoms with Crippen molar-refractivity contribution in [2.24, 2.45) is 5.73 Å². The Labute approximate surface area is 136 Å². The van der Waals surface area contributed by atoms with Crippen LogP contribution in [0.25, 0.3) is 0 Å². The fourth-order valence-corrected chi connectivity index (χ4v) is 3.75. The highest BCUT2D eigenvalue weighted by atomic mass is 32.2. The molecule has 0 spiro atoms. The minimum atomic E-state index is -0.325. The molecule has 1 fully saturated rings. The van der Waals surface area contributed by atoms with E-state index in [1.54, 1.807) is 11.8 Å². The van der Waals surface area contributed by atoms with Crippen LogP contribution in [0.5, 0.6) is 0 Å². The van der Waals surface area contributed by atoms with E-state index >= 15 is 0 Å². The smallest absolute Gasteiger partial charge is 0.235 e. The highest BCUT2D eigenvalue weighted by molar-refractivity contribution is 7.99. The summed E-state index contributed by atoms with van der Waals surface area (Å²) in [5.41, 5.74) is 6.54. The van der Waals surface area contributed by atoms with Crippen LogP contribution in [0.4, 0.5) is 0 Å². The topological polar surface area (TPSA) is 63.4 Å². The van der Waals surface area contributed by atoms with Crippen LogP contribution < -0.4 is 5.73 Å². The van der Waals surface area contributed by atoms with E-state index in [9.17, 15) is 9.59 Å². The predicted molar refractivity (Wildman–Crippen MR) is 90.4 cm³/mol. The van der Waals surface area contributed by atoms with Gasteiger partial charge in [0.25, 0.3) is 0 Å². The highest BCUT2D eigenvalue weighted by Crippen LogP contribution is 2.25. The molecule has 0 saturated carbocycles. The summed E-state index contributed by atoms with van der Waals surface area (Å²) in [4.78, 5) is 25.7. The van der Waals surface area contributed by atoms with Gasteiger partial charge in [0.2, 0.25) is 11.8 Å². The van der Waals surface area contributed by atoms with Crippen molar-refractivity contribution in [3.05, 3.63) is 35.9 Å². The summed E-state index contributed by atoms with van der Waals surface area (Å²) in [5.74, 6) is 0.628. The summed E-state index contributed by atoms with van der Waals surface area (Å²) in [6.07, 6.45) is 3.23. The molecule has 120 valence electrons. The van der Waals surface area contributed by atoms with E-state index in [1.807, 2.05) is 30.0 Å². The Morgan fingerprint density at radius 3 is 2.73 bits per heavy atom. The second-order valence-corrected chi connectivity index (χ2v) is 7.12. The van der Waals surface area contributed by atoms with Gasteiger partial charge < -0.3 is 10.6 Å². The molecule has 1 saturated heterocycles. The Hall–Kier alpha value is -1.49. The van der Waals surface area contributed by atoms with Crippen molar-refractivity contribution in [1.29, 1.82) is 0 Å². The molecule has 1 aliphatic heterocycles. The molecule has 0 bridgehead atoms. The van der Waals surface area contributed by atoms with E-state index in [0.717, 1.165) is 31.6 Å². The second-order valence-electron chi connectivity index (χ2n) is 5.79. The summed E-state index contributed by atoms with van der Waals surface area (Å²) in [6.45, 7) is 2.69. The number of nitrogens with zero attached hydrogens (tertiary/aromatic N) is 1. The number of benzene rings is 1. The number of thioether (sulfide) groups is 1. The lowest BCUT2D eigenvalue weighted by molar-refractivity contribution is -0.135. The number of amides is 2. The number of primary amides is 1. The molecule has 0 aliphatic carbocycles. The first-order valence-electron chi connectivity index (χ1n) is 7.82. The first-order chi connectivity index (χ1) is 10.6. The lowest BCUT2D eigenvalue weighted by atomic mass is 9.98. The molecule has 1 heterocycles. The zero-order chi connectivity index (χ0) is 15.9. The largest absolute Gasteiger partial charge is 0.370 e. The number of carbonyl (C=O) groups excluding carboxylic acids is 2. The average molecular weight is 320 g/mol. The summed E-state index contributed by atoms with van der Waals surface area (Å²) >= 11 is 1.64. The summed E-state index contributed by atoms with van der Waals surface area (Å²) < 4.78 is 0. The van der Waals surface area contributed by atoms with Gasteiger partial charge in [0, 0.05) is 24.8 Å². The number of hydrogen-bond acceptors (Lipinski definition) is 3. The lowest BCUT2D eigenvalue weighted by Crippen LogP contribution is -2.48. The molecule has 2 rings (SSSR count). The van der Waals surface area contributed by atoms with Gasteiger partial charge in [-0.2, -0.15) is 0 Å². The van der Waals surface area contributed by atoms with E-state index in [4.69, 9.17) is 5.73 Å². The number of rotatable bonds is 6. The molecule has 2 atom stereocenters. The van der Waals surface area contributed by atoms with E-state index in [-0.39, 0.29) is 29.5 Å². The van der Waals surface area contributed by atoms with Crippen molar-refractivity contribution in [2.45, 2.75) is 49.7 Å². The SMILES string of the molecule is C[C@@H](SCc1ccccc1)C(=O)N1CCCC[C@H]1CC(N)=O. The van der Waals surface area contributed by atoms with Gasteiger partial charge in [0.1, 0.15) is 0 Å². The van der Waals surface area contributed by atoms with Gasteiger partial charge in [-0.15, -0.1) is 11.8 Å². The third-order valence-electron chi connectivity index (χ3n) is 4.04. The maximum absolute atomic E-state index is 12.7. The van der Waals surface area contributed by atoms with E-state index < -0.39 is 0 Å². The van der Waals surface area contributed by atoms with Crippen LogP contribution >= 0.6 is 11.8 Å². The Balaban J connectivity index is 1.91. The van der Waals surface area contributed by atoms with E-state index in [1.165, 1.54) is 5.56 Å². The fourth-order valence-electron chi connectivity index (χ4n) is 2.84. The molecule has 4 nitrogen and oxygen atoms in total. The van der Waals surface area contributed by atoms with Crippen LogP contribution in [0.2, 0.25) is 0 Å². The van der Waals surface area contributed by atoms with E-state index in [2.05, 4.69) is 12.1 Å². The number of piperidine rings is 1. The maximum Gasteiger partial charge on any atom is 0.235 e. The van der Waals surface area contributed by atoms with Gasteiger partial charge in [-0.05, 0) is 31.7 Å². The number of nitrogens with two attached hydrogens (primary N) is 1. The van der Waals surface area contributed by atoms with Crippen LogP contribution in [0.15, 0.2) is 30.3 Å². The minimum Gasteiger partial charge on any atom is -0.370 e. The van der Waals surface area contributed by atoms with Crippen LogP contribution in [-0.2, 0) is 15.3 Å². The molecule has 2 amide bonds. The second kappa shape index (κ2) is 8.22. The standard InChI is InChI=1S/C17H24N2O2S/c1-13(22-12-14-7-3-2-4-8-14)17(21)19-10-6-5-9-15(19)11-16(18)20/h2-4,7-8,13,15H,5-6,9-12H2,1H3,(H2,18,20)/t13-,15+/m1/s1. The summed E-state index contributed by atoms with van der Waals surface area (Å²) in [5, 5.41) is -0.103. The van der Waals surface area contributed by atoms with Gasteiger partial charge in [-0.3, -0.25) is 9.59 Å².